The van der Waals surface area contributed by atoms with Gasteiger partial charge in [-0.2, -0.15) is 0 Å². The number of allylic oxidation sites excluding steroid dienone is 30. The van der Waals surface area contributed by atoms with Crippen LogP contribution in [0.4, 0.5) is 0 Å². The van der Waals surface area contributed by atoms with E-state index >= 15 is 0 Å². The molecule has 1 unspecified atom stereocenters. The molecule has 0 heterocycles. The van der Waals surface area contributed by atoms with Crippen molar-refractivity contribution in [3.63, 3.8) is 0 Å². The van der Waals surface area contributed by atoms with Gasteiger partial charge < -0.3 is 14.2 Å². The van der Waals surface area contributed by atoms with Crippen LogP contribution in [-0.2, 0) is 28.6 Å². The van der Waals surface area contributed by atoms with Crippen molar-refractivity contribution < 1.29 is 28.6 Å². The van der Waals surface area contributed by atoms with Crippen LogP contribution in [0.15, 0.2) is 182 Å². The molecule has 0 radical (unpaired) electrons. The smallest absolute Gasteiger partial charge is 0.306 e. The minimum atomic E-state index is -0.871. The van der Waals surface area contributed by atoms with E-state index < -0.39 is 12.1 Å². The Morgan fingerprint density at radius 3 is 1.11 bits per heavy atom. The number of hydrogen-bond donors (Lipinski definition) is 0. The van der Waals surface area contributed by atoms with Gasteiger partial charge in [-0.25, -0.2) is 0 Å². The Morgan fingerprint density at radius 2 is 0.667 bits per heavy atom. The lowest BCUT2D eigenvalue weighted by atomic mass is 10.1. The van der Waals surface area contributed by atoms with E-state index in [2.05, 4.69) is 136 Å². The van der Waals surface area contributed by atoms with Crippen LogP contribution in [0.1, 0.15) is 156 Å². The second-order valence-electron chi connectivity index (χ2n) is 15.3. The van der Waals surface area contributed by atoms with Crippen molar-refractivity contribution >= 4 is 17.9 Å². The number of carbonyl (C=O) groups is 3. The average Bonchev–Trinajstić information content (AvgIpc) is 3.31. The van der Waals surface area contributed by atoms with Gasteiger partial charge in [-0.3, -0.25) is 14.4 Å². The first-order valence-corrected chi connectivity index (χ1v) is 24.9. The molecule has 0 aromatic rings. The van der Waals surface area contributed by atoms with E-state index in [0.29, 0.717) is 19.3 Å². The van der Waals surface area contributed by atoms with Crippen molar-refractivity contribution in [2.75, 3.05) is 13.2 Å². The Hall–Kier alpha value is -5.49. The zero-order valence-corrected chi connectivity index (χ0v) is 41.1. The summed E-state index contributed by atoms with van der Waals surface area (Å²) >= 11 is 0. The Labute approximate surface area is 402 Å². The molecule has 0 aliphatic rings. The van der Waals surface area contributed by atoms with Crippen molar-refractivity contribution in [1.82, 2.24) is 0 Å². The van der Waals surface area contributed by atoms with Crippen molar-refractivity contribution in [2.45, 2.75) is 162 Å². The minimum Gasteiger partial charge on any atom is -0.462 e. The molecule has 0 saturated heterocycles. The Bertz CT molecular complexity index is 1650. The van der Waals surface area contributed by atoms with Crippen LogP contribution < -0.4 is 0 Å². The molecule has 6 nitrogen and oxygen atoms in total. The molecule has 0 fully saturated rings. The van der Waals surface area contributed by atoms with Crippen LogP contribution >= 0.6 is 0 Å². The molecule has 0 aromatic carbocycles. The molecule has 0 bridgehead atoms. The van der Waals surface area contributed by atoms with Crippen LogP contribution in [0.2, 0.25) is 0 Å². The predicted molar refractivity (Wildman–Crippen MR) is 283 cm³/mol. The molecule has 0 spiro atoms. The van der Waals surface area contributed by atoms with E-state index in [4.69, 9.17) is 14.2 Å². The number of unbranched alkanes of at least 4 members (excludes halogenated alkanes) is 4. The second kappa shape index (κ2) is 52.1. The van der Waals surface area contributed by atoms with Gasteiger partial charge in [0.2, 0.25) is 0 Å². The molecule has 0 saturated carbocycles. The maximum atomic E-state index is 12.8. The predicted octanol–water partition coefficient (Wildman–Crippen LogP) is 16.6. The molecule has 0 rings (SSSR count). The topological polar surface area (TPSA) is 78.9 Å². The van der Waals surface area contributed by atoms with E-state index in [1.807, 2.05) is 66.8 Å². The zero-order chi connectivity index (χ0) is 47.9. The molecule has 66 heavy (non-hydrogen) atoms. The van der Waals surface area contributed by atoms with Crippen LogP contribution in [0, 0.1) is 0 Å². The van der Waals surface area contributed by atoms with Crippen LogP contribution in [-0.4, -0.2) is 37.2 Å². The SMILES string of the molecule is CC\C=C/C=C\C=C/C=C\C=C/CCCC(=O)OCC(COC(=O)CCCCC/C=C\C/C=C\C/C=C\C/C=C\C/C=C\CC)OC(=O)CC/C=C\C/C=C\C/C=C\C/C=C\C/C=C\CC. The van der Waals surface area contributed by atoms with Gasteiger partial charge in [0, 0.05) is 19.3 Å². The van der Waals surface area contributed by atoms with Gasteiger partial charge >= 0.3 is 17.9 Å². The summed E-state index contributed by atoms with van der Waals surface area (Å²) in [5.74, 6) is -1.17. The van der Waals surface area contributed by atoms with E-state index in [9.17, 15) is 14.4 Å². The van der Waals surface area contributed by atoms with Crippen LogP contribution in [0.25, 0.3) is 0 Å². The lowest BCUT2D eigenvalue weighted by Crippen LogP contribution is -2.30. The summed E-state index contributed by atoms with van der Waals surface area (Å²) in [4.78, 5) is 37.9. The van der Waals surface area contributed by atoms with Gasteiger partial charge in [0.05, 0.1) is 0 Å². The maximum absolute atomic E-state index is 12.8. The number of carbonyl (C=O) groups excluding carboxylic acids is 3. The molecule has 0 amide bonds. The summed E-state index contributed by atoms with van der Waals surface area (Å²) in [7, 11) is 0. The first kappa shape index (κ1) is 60.5. The van der Waals surface area contributed by atoms with Crippen molar-refractivity contribution in [2.24, 2.45) is 0 Å². The van der Waals surface area contributed by atoms with Gasteiger partial charge in [0.15, 0.2) is 6.10 Å². The summed E-state index contributed by atoms with van der Waals surface area (Å²) in [5.41, 5.74) is 0. The third-order valence-electron chi connectivity index (χ3n) is 9.28. The Kier molecular flexibility index (Phi) is 47.8. The molecular formula is C60H86O6. The van der Waals surface area contributed by atoms with Crippen molar-refractivity contribution in [3.8, 4) is 0 Å². The third-order valence-corrected chi connectivity index (χ3v) is 9.28. The minimum absolute atomic E-state index is 0.158. The van der Waals surface area contributed by atoms with Crippen LogP contribution in [0.3, 0.4) is 0 Å². The zero-order valence-electron chi connectivity index (χ0n) is 41.1. The number of rotatable bonds is 41. The second-order valence-corrected chi connectivity index (χ2v) is 15.3. The van der Waals surface area contributed by atoms with Gasteiger partial charge in [0.1, 0.15) is 13.2 Å². The van der Waals surface area contributed by atoms with E-state index in [0.717, 1.165) is 96.3 Å². The van der Waals surface area contributed by atoms with Crippen molar-refractivity contribution in [1.29, 1.82) is 0 Å². The molecule has 0 N–H and O–H groups in total. The normalized spacial score (nSPS) is 13.7. The highest BCUT2D eigenvalue weighted by Crippen LogP contribution is 2.09. The molecular weight excluding hydrogens is 817 g/mol. The lowest BCUT2D eigenvalue weighted by Gasteiger charge is -2.18. The molecule has 0 aromatic heterocycles. The Balaban J connectivity index is 4.69. The summed E-state index contributed by atoms with van der Waals surface area (Å²) in [5, 5.41) is 0. The fourth-order valence-electron chi connectivity index (χ4n) is 5.66. The average molecular weight is 903 g/mol. The summed E-state index contributed by atoms with van der Waals surface area (Å²) in [6, 6.07) is 0. The molecule has 0 aliphatic carbocycles. The Morgan fingerprint density at radius 1 is 0.318 bits per heavy atom. The maximum Gasteiger partial charge on any atom is 0.306 e. The van der Waals surface area contributed by atoms with E-state index in [1.54, 1.807) is 0 Å². The van der Waals surface area contributed by atoms with Gasteiger partial charge in [-0.15, -0.1) is 0 Å². The lowest BCUT2D eigenvalue weighted by molar-refractivity contribution is -0.166. The molecule has 0 aliphatic heterocycles. The quantitative estimate of drug-likeness (QED) is 0.0200. The largest absolute Gasteiger partial charge is 0.462 e. The molecule has 362 valence electrons. The van der Waals surface area contributed by atoms with Crippen LogP contribution in [0.5, 0.6) is 0 Å². The summed E-state index contributed by atoms with van der Waals surface area (Å²) < 4.78 is 16.6. The highest BCUT2D eigenvalue weighted by Gasteiger charge is 2.19. The number of esters is 3. The number of ether oxygens (including phenoxy) is 3. The highest BCUT2D eigenvalue weighted by atomic mass is 16.6. The molecule has 1 atom stereocenters. The first-order chi connectivity index (χ1) is 32.5. The summed E-state index contributed by atoms with van der Waals surface area (Å²) in [6.07, 6.45) is 79.0. The van der Waals surface area contributed by atoms with E-state index in [1.165, 1.54) is 0 Å². The number of hydrogen-bond acceptors (Lipinski definition) is 6. The van der Waals surface area contributed by atoms with Crippen molar-refractivity contribution in [3.05, 3.63) is 182 Å². The fourth-order valence-corrected chi connectivity index (χ4v) is 5.66. The third kappa shape index (κ3) is 49.5. The van der Waals surface area contributed by atoms with E-state index in [-0.39, 0.29) is 44.4 Å². The fraction of sp³-hybridized carbons (Fsp3) is 0.450. The summed E-state index contributed by atoms with van der Waals surface area (Å²) in [6.45, 7) is 6.06. The molecule has 6 heteroatoms. The standard InChI is InChI=1S/C60H86O6/c1-4-7-10-13-16-19-22-25-27-29-30-31-33-35-38-41-44-47-50-53-59(62)65-56-57(55-64-58(61)52-49-46-43-40-37-34-24-21-18-15-12-9-6-3)66-60(63)54-51-48-45-42-39-36-32-28-26-23-20-17-14-11-8-5-2/h7-12,15-21,24-28,30-31,34-40,43,45,48,57H,4-6,13-14,22-23,29,32-33,41-42,44,46-47,49-56H2,1-3H3/b10-7-,11-8-,12-9-,18-15-,19-16-,20-17-,24-21-,27-25-,28-26-,31-30-,37-34-,38-35-,39-36-,43-40-,48-45-. The van der Waals surface area contributed by atoms with Gasteiger partial charge in [-0.05, 0) is 109 Å². The first-order valence-electron chi connectivity index (χ1n) is 24.9. The highest BCUT2D eigenvalue weighted by molar-refractivity contribution is 5.71. The monoisotopic (exact) mass is 903 g/mol. The van der Waals surface area contributed by atoms with Gasteiger partial charge in [0.25, 0.3) is 0 Å². The van der Waals surface area contributed by atoms with Gasteiger partial charge in [-0.1, -0.05) is 209 Å².